The van der Waals surface area contributed by atoms with Crippen molar-refractivity contribution in [1.29, 1.82) is 0 Å². The lowest BCUT2D eigenvalue weighted by Crippen LogP contribution is -2.20. The first-order valence-electron chi connectivity index (χ1n) is 6.17. The SMILES string of the molecule is O=C1c2ccccc2CCC1c1ccc(O)cc1. The first-order valence-corrected chi connectivity index (χ1v) is 6.17. The number of aryl methyl sites for hydroxylation is 1. The maximum absolute atomic E-state index is 12.4. The fourth-order valence-electron chi connectivity index (χ4n) is 2.62. The zero-order chi connectivity index (χ0) is 12.5. The van der Waals surface area contributed by atoms with E-state index in [2.05, 4.69) is 0 Å². The van der Waals surface area contributed by atoms with Gasteiger partial charge in [-0.15, -0.1) is 0 Å². The Kier molecular flexibility index (Phi) is 2.63. The predicted molar refractivity (Wildman–Crippen MR) is 69.9 cm³/mol. The molecule has 0 radical (unpaired) electrons. The van der Waals surface area contributed by atoms with Crippen LogP contribution >= 0.6 is 0 Å². The van der Waals surface area contributed by atoms with E-state index in [0.29, 0.717) is 0 Å². The Labute approximate surface area is 106 Å². The number of carbonyl (C=O) groups is 1. The van der Waals surface area contributed by atoms with Gasteiger partial charge in [0.05, 0.1) is 0 Å². The molecule has 0 aromatic heterocycles. The molecule has 0 spiro atoms. The molecule has 2 aromatic rings. The number of rotatable bonds is 1. The Morgan fingerprint density at radius 1 is 1.00 bits per heavy atom. The van der Waals surface area contributed by atoms with Crippen molar-refractivity contribution in [3.8, 4) is 5.75 Å². The fourth-order valence-corrected chi connectivity index (χ4v) is 2.62. The van der Waals surface area contributed by atoms with E-state index >= 15 is 0 Å². The van der Waals surface area contributed by atoms with Gasteiger partial charge in [-0.05, 0) is 36.1 Å². The highest BCUT2D eigenvalue weighted by Gasteiger charge is 2.27. The third kappa shape index (κ3) is 1.80. The Morgan fingerprint density at radius 2 is 1.72 bits per heavy atom. The van der Waals surface area contributed by atoms with Crippen molar-refractivity contribution in [1.82, 2.24) is 0 Å². The highest BCUT2D eigenvalue weighted by Crippen LogP contribution is 2.33. The summed E-state index contributed by atoms with van der Waals surface area (Å²) in [5.74, 6) is 0.366. The van der Waals surface area contributed by atoms with Gasteiger partial charge in [0.2, 0.25) is 0 Å². The summed E-state index contributed by atoms with van der Waals surface area (Å²) >= 11 is 0. The summed E-state index contributed by atoms with van der Waals surface area (Å²) in [7, 11) is 0. The molecule has 1 unspecified atom stereocenters. The minimum Gasteiger partial charge on any atom is -0.508 e. The molecule has 2 heteroatoms. The number of hydrogen-bond acceptors (Lipinski definition) is 2. The molecule has 1 atom stereocenters. The summed E-state index contributed by atoms with van der Waals surface area (Å²) in [6.07, 6.45) is 1.79. The summed E-state index contributed by atoms with van der Waals surface area (Å²) in [6, 6.07) is 14.8. The standard InChI is InChI=1S/C16H14O2/c17-13-8-5-12(6-9-13)15-10-7-11-3-1-2-4-14(11)16(15)18/h1-6,8-9,15,17H,7,10H2. The van der Waals surface area contributed by atoms with Crippen LogP contribution < -0.4 is 0 Å². The van der Waals surface area contributed by atoms with E-state index in [1.54, 1.807) is 12.1 Å². The first-order chi connectivity index (χ1) is 8.75. The van der Waals surface area contributed by atoms with Gasteiger partial charge in [-0.3, -0.25) is 4.79 Å². The summed E-state index contributed by atoms with van der Waals surface area (Å²) in [5, 5.41) is 9.29. The normalized spacial score (nSPS) is 18.4. The summed E-state index contributed by atoms with van der Waals surface area (Å²) < 4.78 is 0. The molecule has 3 rings (SSSR count). The molecule has 1 N–H and O–H groups in total. The molecule has 1 aliphatic rings. The molecule has 0 heterocycles. The topological polar surface area (TPSA) is 37.3 Å². The fraction of sp³-hybridized carbons (Fsp3) is 0.188. The van der Waals surface area contributed by atoms with Crippen molar-refractivity contribution in [3.05, 3.63) is 65.2 Å². The monoisotopic (exact) mass is 238 g/mol. The first kappa shape index (κ1) is 11.0. The summed E-state index contributed by atoms with van der Waals surface area (Å²) in [4.78, 5) is 12.4. The van der Waals surface area contributed by atoms with E-state index < -0.39 is 0 Å². The van der Waals surface area contributed by atoms with Crippen molar-refractivity contribution >= 4 is 5.78 Å². The molecule has 0 saturated carbocycles. The van der Waals surface area contributed by atoms with Gasteiger partial charge in [0.1, 0.15) is 5.75 Å². The quantitative estimate of drug-likeness (QED) is 0.827. The molecule has 0 fully saturated rings. The van der Waals surface area contributed by atoms with Crippen LogP contribution in [-0.2, 0) is 6.42 Å². The van der Waals surface area contributed by atoms with E-state index in [9.17, 15) is 9.90 Å². The highest BCUT2D eigenvalue weighted by atomic mass is 16.3. The molecular formula is C16H14O2. The van der Waals surface area contributed by atoms with E-state index in [-0.39, 0.29) is 17.5 Å². The van der Waals surface area contributed by atoms with Crippen LogP contribution in [0.25, 0.3) is 0 Å². The average molecular weight is 238 g/mol. The molecule has 18 heavy (non-hydrogen) atoms. The predicted octanol–water partition coefficient (Wildman–Crippen LogP) is 3.30. The van der Waals surface area contributed by atoms with Crippen LogP contribution in [0.1, 0.15) is 33.8 Å². The largest absolute Gasteiger partial charge is 0.508 e. The maximum atomic E-state index is 12.4. The number of Topliss-reactive ketones (excluding diaryl/α,β-unsaturated/α-hetero) is 1. The van der Waals surface area contributed by atoms with Gasteiger partial charge >= 0.3 is 0 Å². The summed E-state index contributed by atoms with van der Waals surface area (Å²) in [5.41, 5.74) is 2.99. The van der Waals surface area contributed by atoms with Crippen molar-refractivity contribution in [3.63, 3.8) is 0 Å². The number of carbonyl (C=O) groups excluding carboxylic acids is 1. The van der Waals surface area contributed by atoms with Gasteiger partial charge < -0.3 is 5.11 Å². The molecular weight excluding hydrogens is 224 g/mol. The van der Waals surface area contributed by atoms with Crippen LogP contribution in [0.5, 0.6) is 5.75 Å². The Bertz CT molecular complexity index is 584. The highest BCUT2D eigenvalue weighted by molar-refractivity contribution is 6.03. The number of fused-ring (bicyclic) bond motifs is 1. The lowest BCUT2D eigenvalue weighted by atomic mass is 9.79. The van der Waals surface area contributed by atoms with Gasteiger partial charge in [-0.2, -0.15) is 0 Å². The van der Waals surface area contributed by atoms with Crippen LogP contribution in [0, 0.1) is 0 Å². The van der Waals surface area contributed by atoms with Crippen LogP contribution in [-0.4, -0.2) is 10.9 Å². The molecule has 0 bridgehead atoms. The minimum atomic E-state index is -0.0690. The van der Waals surface area contributed by atoms with Crippen molar-refractivity contribution in [2.45, 2.75) is 18.8 Å². The van der Waals surface area contributed by atoms with Crippen molar-refractivity contribution in [2.24, 2.45) is 0 Å². The number of phenols is 1. The molecule has 0 amide bonds. The van der Waals surface area contributed by atoms with Crippen LogP contribution in [0.4, 0.5) is 0 Å². The second kappa shape index (κ2) is 4.30. The average Bonchev–Trinajstić information content (AvgIpc) is 2.41. The number of aromatic hydroxyl groups is 1. The third-order valence-corrected chi connectivity index (χ3v) is 3.60. The third-order valence-electron chi connectivity index (χ3n) is 3.60. The maximum Gasteiger partial charge on any atom is 0.170 e. The van der Waals surface area contributed by atoms with Gasteiger partial charge in [-0.1, -0.05) is 36.4 Å². The van der Waals surface area contributed by atoms with Gasteiger partial charge in [-0.25, -0.2) is 0 Å². The van der Waals surface area contributed by atoms with Gasteiger partial charge in [0.25, 0.3) is 0 Å². The number of benzene rings is 2. The molecule has 2 aromatic carbocycles. The Balaban J connectivity index is 1.97. The van der Waals surface area contributed by atoms with Crippen LogP contribution in [0.15, 0.2) is 48.5 Å². The number of ketones is 1. The van der Waals surface area contributed by atoms with Crippen molar-refractivity contribution in [2.75, 3.05) is 0 Å². The molecule has 90 valence electrons. The van der Waals surface area contributed by atoms with Crippen molar-refractivity contribution < 1.29 is 9.90 Å². The second-order valence-electron chi connectivity index (χ2n) is 4.70. The zero-order valence-corrected chi connectivity index (χ0v) is 9.97. The molecule has 0 saturated heterocycles. The number of hydrogen-bond donors (Lipinski definition) is 1. The van der Waals surface area contributed by atoms with Crippen LogP contribution in [0.2, 0.25) is 0 Å². The second-order valence-corrected chi connectivity index (χ2v) is 4.70. The smallest absolute Gasteiger partial charge is 0.170 e. The number of phenolic OH excluding ortho intramolecular Hbond substituents is 1. The lowest BCUT2D eigenvalue weighted by Gasteiger charge is -2.23. The Hall–Kier alpha value is -2.09. The van der Waals surface area contributed by atoms with E-state index in [1.165, 1.54) is 0 Å². The van der Waals surface area contributed by atoms with Gasteiger partial charge in [0, 0.05) is 11.5 Å². The minimum absolute atomic E-state index is 0.0690. The lowest BCUT2D eigenvalue weighted by molar-refractivity contribution is 0.0946. The molecule has 0 aliphatic heterocycles. The zero-order valence-electron chi connectivity index (χ0n) is 9.97. The molecule has 2 nitrogen and oxygen atoms in total. The molecule has 1 aliphatic carbocycles. The van der Waals surface area contributed by atoms with E-state index in [1.807, 2.05) is 36.4 Å². The van der Waals surface area contributed by atoms with E-state index in [4.69, 9.17) is 0 Å². The van der Waals surface area contributed by atoms with E-state index in [0.717, 1.165) is 29.5 Å². The van der Waals surface area contributed by atoms with Gasteiger partial charge in [0.15, 0.2) is 5.78 Å². The Morgan fingerprint density at radius 3 is 2.50 bits per heavy atom. The summed E-state index contributed by atoms with van der Waals surface area (Å²) in [6.45, 7) is 0. The van der Waals surface area contributed by atoms with Crippen LogP contribution in [0.3, 0.4) is 0 Å².